The molecule has 0 aliphatic rings. The molecular formula is C7H8Br2O. The van der Waals surface area contributed by atoms with E-state index in [1.165, 1.54) is 0 Å². The van der Waals surface area contributed by atoms with Crippen LogP contribution in [-0.4, -0.2) is 5.33 Å². The lowest BCUT2D eigenvalue weighted by Crippen LogP contribution is -1.82. The minimum Gasteiger partial charge on any atom is -0.468 e. The zero-order valence-corrected chi connectivity index (χ0v) is 8.61. The predicted octanol–water partition coefficient (Wildman–Crippen LogP) is 3.37. The molecule has 0 N–H and O–H groups in total. The highest BCUT2D eigenvalue weighted by atomic mass is 79.9. The smallest absolute Gasteiger partial charge is 0.117 e. The normalized spacial score (nSPS) is 10.2. The number of alkyl halides is 1. The second kappa shape index (κ2) is 4.19. The average molecular weight is 268 g/mol. The van der Waals surface area contributed by atoms with Crippen LogP contribution in [0, 0.1) is 0 Å². The summed E-state index contributed by atoms with van der Waals surface area (Å²) in [6, 6.07) is 1.92. The van der Waals surface area contributed by atoms with Crippen LogP contribution >= 0.6 is 31.9 Å². The van der Waals surface area contributed by atoms with E-state index in [2.05, 4.69) is 31.9 Å². The van der Waals surface area contributed by atoms with Crippen molar-refractivity contribution in [2.75, 3.05) is 5.33 Å². The van der Waals surface area contributed by atoms with Crippen molar-refractivity contribution in [1.82, 2.24) is 0 Å². The molecule has 1 aromatic rings. The predicted molar refractivity (Wildman–Crippen MR) is 48.5 cm³/mol. The first-order valence-corrected chi connectivity index (χ1v) is 5.04. The van der Waals surface area contributed by atoms with E-state index in [1.54, 1.807) is 6.26 Å². The first-order valence-electron chi connectivity index (χ1n) is 3.12. The third-order valence-electron chi connectivity index (χ3n) is 1.23. The van der Waals surface area contributed by atoms with Gasteiger partial charge in [-0.15, -0.1) is 0 Å². The summed E-state index contributed by atoms with van der Waals surface area (Å²) in [6.07, 6.45) is 3.82. The summed E-state index contributed by atoms with van der Waals surface area (Å²) in [4.78, 5) is 0. The molecule has 3 heteroatoms. The molecule has 0 spiro atoms. The molecule has 1 aromatic heterocycles. The van der Waals surface area contributed by atoms with Gasteiger partial charge >= 0.3 is 0 Å². The lowest BCUT2D eigenvalue weighted by atomic mass is 10.3. The van der Waals surface area contributed by atoms with Crippen LogP contribution in [0.5, 0.6) is 0 Å². The van der Waals surface area contributed by atoms with Crippen LogP contribution in [0.25, 0.3) is 0 Å². The molecule has 0 saturated carbocycles. The van der Waals surface area contributed by atoms with Gasteiger partial charge in [-0.25, -0.2) is 0 Å². The van der Waals surface area contributed by atoms with Crippen molar-refractivity contribution in [3.63, 3.8) is 0 Å². The number of halogens is 2. The number of hydrogen-bond donors (Lipinski definition) is 0. The molecular weight excluding hydrogens is 260 g/mol. The summed E-state index contributed by atoms with van der Waals surface area (Å²) in [5.41, 5.74) is 0. The van der Waals surface area contributed by atoms with Gasteiger partial charge in [0.1, 0.15) is 5.76 Å². The molecule has 0 aliphatic carbocycles. The van der Waals surface area contributed by atoms with Crippen LogP contribution in [0.15, 0.2) is 21.2 Å². The van der Waals surface area contributed by atoms with E-state index in [0.29, 0.717) is 0 Å². The lowest BCUT2D eigenvalue weighted by Gasteiger charge is -1.92. The summed E-state index contributed by atoms with van der Waals surface area (Å²) in [5.74, 6) is 1.04. The highest BCUT2D eigenvalue weighted by Crippen LogP contribution is 2.18. The largest absolute Gasteiger partial charge is 0.468 e. The molecule has 0 amide bonds. The Labute approximate surface area is 77.1 Å². The molecule has 0 fully saturated rings. The van der Waals surface area contributed by atoms with Crippen LogP contribution in [-0.2, 0) is 6.42 Å². The maximum Gasteiger partial charge on any atom is 0.117 e. The summed E-state index contributed by atoms with van der Waals surface area (Å²) >= 11 is 6.75. The molecule has 0 aromatic carbocycles. The van der Waals surface area contributed by atoms with Gasteiger partial charge in [-0.1, -0.05) is 15.9 Å². The van der Waals surface area contributed by atoms with Gasteiger partial charge in [-0.05, 0) is 28.4 Å². The maximum atomic E-state index is 5.20. The number of aryl methyl sites for hydroxylation is 1. The highest BCUT2D eigenvalue weighted by molar-refractivity contribution is 9.10. The Hall–Kier alpha value is 0.240. The third kappa shape index (κ3) is 2.13. The summed E-state index contributed by atoms with van der Waals surface area (Å²) in [6.45, 7) is 0. The van der Waals surface area contributed by atoms with E-state index in [-0.39, 0.29) is 0 Å². The summed E-state index contributed by atoms with van der Waals surface area (Å²) < 4.78 is 6.28. The Bertz CT molecular complexity index is 195. The Morgan fingerprint density at radius 2 is 2.30 bits per heavy atom. The van der Waals surface area contributed by atoms with Gasteiger partial charge in [-0.3, -0.25) is 0 Å². The van der Waals surface area contributed by atoms with Crippen LogP contribution in [0.4, 0.5) is 0 Å². The average Bonchev–Trinajstić information content (AvgIpc) is 2.31. The number of furan rings is 1. The molecule has 0 atom stereocenters. The van der Waals surface area contributed by atoms with Gasteiger partial charge in [0.15, 0.2) is 0 Å². The lowest BCUT2D eigenvalue weighted by molar-refractivity contribution is 0.505. The monoisotopic (exact) mass is 266 g/mol. The molecule has 0 saturated heterocycles. The summed E-state index contributed by atoms with van der Waals surface area (Å²) in [5, 5.41) is 1.03. The van der Waals surface area contributed by atoms with Crippen LogP contribution in [0.1, 0.15) is 12.2 Å². The molecule has 0 aliphatic heterocycles. The van der Waals surface area contributed by atoms with E-state index >= 15 is 0 Å². The number of hydrogen-bond acceptors (Lipinski definition) is 1. The van der Waals surface area contributed by atoms with Crippen molar-refractivity contribution in [3.8, 4) is 0 Å². The van der Waals surface area contributed by atoms with Crippen molar-refractivity contribution < 1.29 is 4.42 Å². The van der Waals surface area contributed by atoms with Crippen LogP contribution in [0.2, 0.25) is 0 Å². The van der Waals surface area contributed by atoms with E-state index < -0.39 is 0 Å². The van der Waals surface area contributed by atoms with Gasteiger partial charge in [0.25, 0.3) is 0 Å². The second-order valence-electron chi connectivity index (χ2n) is 1.98. The quantitative estimate of drug-likeness (QED) is 0.766. The molecule has 0 radical (unpaired) electrons. The van der Waals surface area contributed by atoms with Crippen molar-refractivity contribution in [1.29, 1.82) is 0 Å². The zero-order chi connectivity index (χ0) is 7.40. The fraction of sp³-hybridized carbons (Fsp3) is 0.429. The van der Waals surface area contributed by atoms with E-state index in [1.807, 2.05) is 6.07 Å². The molecule has 1 heterocycles. The van der Waals surface area contributed by atoms with Crippen molar-refractivity contribution in [2.24, 2.45) is 0 Å². The van der Waals surface area contributed by atoms with Crippen LogP contribution < -0.4 is 0 Å². The fourth-order valence-electron chi connectivity index (χ4n) is 0.731. The van der Waals surface area contributed by atoms with E-state index in [0.717, 1.165) is 28.4 Å². The van der Waals surface area contributed by atoms with Gasteiger partial charge in [0.05, 0.1) is 10.7 Å². The first kappa shape index (κ1) is 8.34. The van der Waals surface area contributed by atoms with E-state index in [4.69, 9.17) is 4.42 Å². The topological polar surface area (TPSA) is 13.1 Å². The Kier molecular flexibility index (Phi) is 3.49. The Balaban J connectivity index is 2.49. The van der Waals surface area contributed by atoms with Gasteiger partial charge in [-0.2, -0.15) is 0 Å². The summed E-state index contributed by atoms with van der Waals surface area (Å²) in [7, 11) is 0. The number of rotatable bonds is 3. The molecule has 56 valence electrons. The molecule has 1 rings (SSSR count). The fourth-order valence-corrected chi connectivity index (χ4v) is 1.41. The molecule has 10 heavy (non-hydrogen) atoms. The molecule has 1 nitrogen and oxygen atoms in total. The standard InChI is InChI=1S/C7H8Br2O/c8-4-1-2-7-6(9)3-5-10-7/h3,5H,1-2,4H2. The van der Waals surface area contributed by atoms with Crippen molar-refractivity contribution >= 4 is 31.9 Å². The molecule has 0 bridgehead atoms. The van der Waals surface area contributed by atoms with Crippen molar-refractivity contribution in [3.05, 3.63) is 22.6 Å². The van der Waals surface area contributed by atoms with Gasteiger partial charge in [0, 0.05) is 11.8 Å². The molecule has 0 unspecified atom stereocenters. The Morgan fingerprint density at radius 3 is 2.80 bits per heavy atom. The highest BCUT2D eigenvalue weighted by Gasteiger charge is 2.00. The van der Waals surface area contributed by atoms with Crippen LogP contribution in [0.3, 0.4) is 0 Å². The van der Waals surface area contributed by atoms with Crippen molar-refractivity contribution in [2.45, 2.75) is 12.8 Å². The minimum atomic E-state index is 0.999. The maximum absolute atomic E-state index is 5.20. The van der Waals surface area contributed by atoms with Gasteiger partial charge in [0.2, 0.25) is 0 Å². The first-order chi connectivity index (χ1) is 4.84. The minimum absolute atomic E-state index is 0.999. The SMILES string of the molecule is BrCCCc1occc1Br. The Morgan fingerprint density at radius 1 is 1.50 bits per heavy atom. The van der Waals surface area contributed by atoms with E-state index in [9.17, 15) is 0 Å². The second-order valence-corrected chi connectivity index (χ2v) is 3.63. The zero-order valence-electron chi connectivity index (χ0n) is 5.44. The van der Waals surface area contributed by atoms with Gasteiger partial charge < -0.3 is 4.42 Å². The third-order valence-corrected chi connectivity index (χ3v) is 2.50.